The van der Waals surface area contributed by atoms with Crippen LogP contribution in [-0.4, -0.2) is 59.4 Å². The molecule has 0 unspecified atom stereocenters. The monoisotopic (exact) mass is 809 g/mol. The van der Waals surface area contributed by atoms with Gasteiger partial charge in [-0.2, -0.15) is 0 Å². The third kappa shape index (κ3) is 12.7. The number of benzene rings is 4. The maximum atomic E-state index is 12.9. The smallest absolute Gasteiger partial charge is 0.254 e. The van der Waals surface area contributed by atoms with Crippen LogP contribution in [0.25, 0.3) is 0 Å². The molecule has 2 N–H and O–H groups in total. The molecule has 4 heterocycles. The maximum Gasteiger partial charge on any atom is 0.254 e. The normalized spacial score (nSPS) is 15.7. The van der Waals surface area contributed by atoms with E-state index in [-0.39, 0.29) is 18.0 Å². The van der Waals surface area contributed by atoms with Crippen molar-refractivity contribution >= 4 is 34.0 Å². The summed E-state index contributed by atoms with van der Waals surface area (Å²) in [7, 11) is 0. The van der Waals surface area contributed by atoms with Gasteiger partial charge in [-0.3, -0.25) is 9.59 Å². The summed E-state index contributed by atoms with van der Waals surface area (Å²) in [6, 6.07) is 43.3. The first-order valence-corrected chi connectivity index (χ1v) is 20.5. The van der Waals surface area contributed by atoms with Gasteiger partial charge in [0.1, 0.15) is 12.2 Å². The largest absolute Gasteiger partial charge is 0.472 e. The number of ether oxygens (including phenoxy) is 2. The molecule has 0 aliphatic carbocycles. The van der Waals surface area contributed by atoms with E-state index in [2.05, 4.69) is 31.9 Å². The number of hydrogen-bond acceptors (Lipinski definition) is 9. The summed E-state index contributed by atoms with van der Waals surface area (Å²) in [4.78, 5) is 37.5. The molecule has 4 aromatic carbocycles. The molecule has 0 bridgehead atoms. The number of Topliss-reactive ketones (excluding diaryl/α,β-unsaturated/α-hetero) is 1. The van der Waals surface area contributed by atoms with Crippen LogP contribution in [0.2, 0.25) is 0 Å². The fraction of sp³-hybridized carbons (Fsp3) is 0.265. The number of aromatic nitrogens is 2. The van der Waals surface area contributed by atoms with Crippen molar-refractivity contribution in [2.45, 2.75) is 58.3 Å². The second kappa shape index (κ2) is 21.6. The van der Waals surface area contributed by atoms with Gasteiger partial charge in [0, 0.05) is 80.4 Å². The molecule has 2 aromatic heterocycles. The van der Waals surface area contributed by atoms with Crippen molar-refractivity contribution in [3.63, 3.8) is 0 Å². The highest BCUT2D eigenvalue weighted by Crippen LogP contribution is 2.29. The number of hydrogen-bond donors (Lipinski definition) is 1. The van der Waals surface area contributed by atoms with E-state index in [0.717, 1.165) is 73.5 Å². The topological polar surface area (TPSA) is 111 Å². The minimum absolute atomic E-state index is 0.0636. The Morgan fingerprint density at radius 3 is 1.54 bits per heavy atom. The average molecular weight is 810 g/mol. The van der Waals surface area contributed by atoms with Crippen LogP contribution in [0.15, 0.2) is 146 Å². The molecule has 6 aromatic rings. The molecule has 2 saturated heterocycles. The van der Waals surface area contributed by atoms with Gasteiger partial charge in [0.05, 0.1) is 18.7 Å². The first-order chi connectivity index (χ1) is 28.7. The molecule has 59 heavy (non-hydrogen) atoms. The Kier molecular flexibility index (Phi) is 15.6. The van der Waals surface area contributed by atoms with Crippen LogP contribution in [0.1, 0.15) is 62.2 Å². The van der Waals surface area contributed by atoms with Gasteiger partial charge in [-0.15, -0.1) is 0 Å². The van der Waals surface area contributed by atoms with Gasteiger partial charge in [-0.05, 0) is 78.4 Å². The number of para-hydroxylation sites is 2. The molecule has 10 heteroatoms. The Hall–Kier alpha value is -6.03. The Morgan fingerprint density at radius 1 is 0.627 bits per heavy atom. The van der Waals surface area contributed by atoms with E-state index in [0.29, 0.717) is 30.3 Å². The lowest BCUT2D eigenvalue weighted by molar-refractivity contribution is 0.0982. The van der Waals surface area contributed by atoms with Gasteiger partial charge in [0.2, 0.25) is 11.8 Å². The standard InChI is InChI=1S/C25H26N2O2.C17H17ClN2O2.C7H9N/c1-19-11-14-25(26-17-19)29-21-15-16-27(18-21)23-10-6-5-9-22(23)24(28)13-12-20-7-3-2-4-8-20;1-12-6-7-16(19-10-12)22-13-8-9-20(11-13)15-5-3-2-4-14(15)17(18)21;8-6-7-4-2-1-3-5-7/h2-11,14,17,21H,12-13,15-16,18H2,1H3;2-7,10,13H,8-9,11H2,1H3;1-5H,6,8H2/t21-;13-;/m00./s1. The molecule has 0 saturated carbocycles. The number of carbonyl (C=O) groups excluding carboxylic acids is 2. The lowest BCUT2D eigenvalue weighted by Gasteiger charge is -2.21. The summed E-state index contributed by atoms with van der Waals surface area (Å²) < 4.78 is 12.0. The molecule has 2 fully saturated rings. The molecule has 304 valence electrons. The summed E-state index contributed by atoms with van der Waals surface area (Å²) in [5.41, 5.74) is 13.2. The van der Waals surface area contributed by atoms with Crippen LogP contribution in [0.4, 0.5) is 11.4 Å². The Balaban J connectivity index is 0.000000171. The maximum absolute atomic E-state index is 12.9. The number of pyridine rings is 2. The van der Waals surface area contributed by atoms with Crippen LogP contribution in [-0.2, 0) is 13.0 Å². The van der Waals surface area contributed by atoms with Crippen molar-refractivity contribution < 1.29 is 19.1 Å². The minimum atomic E-state index is -0.430. The average Bonchev–Trinajstić information content (AvgIpc) is 3.95. The van der Waals surface area contributed by atoms with E-state index in [1.807, 2.05) is 135 Å². The number of nitrogens with zero attached hydrogens (tertiary/aromatic N) is 4. The molecule has 0 amide bonds. The van der Waals surface area contributed by atoms with Crippen LogP contribution in [0, 0.1) is 13.8 Å². The fourth-order valence-corrected chi connectivity index (χ4v) is 7.19. The van der Waals surface area contributed by atoms with Gasteiger partial charge in [0.15, 0.2) is 5.78 Å². The Labute approximate surface area is 352 Å². The second-order valence-electron chi connectivity index (χ2n) is 14.7. The zero-order valence-corrected chi connectivity index (χ0v) is 34.5. The SMILES string of the molecule is Cc1ccc(O[C@H]2CCN(c3ccccc3C(=O)CCc3ccccc3)C2)nc1.Cc1ccc(O[C@H]2CCN(c3ccccc3C(=O)Cl)C2)nc1.NCc1ccccc1. The molecule has 9 nitrogen and oxygen atoms in total. The zero-order valence-electron chi connectivity index (χ0n) is 33.8. The van der Waals surface area contributed by atoms with Gasteiger partial charge < -0.3 is 25.0 Å². The predicted molar refractivity (Wildman–Crippen MR) is 237 cm³/mol. The Bertz CT molecular complexity index is 2220. The molecule has 2 aliphatic heterocycles. The van der Waals surface area contributed by atoms with Gasteiger partial charge in [-0.25, -0.2) is 9.97 Å². The highest BCUT2D eigenvalue weighted by Gasteiger charge is 2.28. The second-order valence-corrected chi connectivity index (χ2v) is 15.0. The molecule has 8 rings (SSSR count). The molecule has 0 spiro atoms. The number of anilines is 2. The number of nitrogens with two attached hydrogens (primary N) is 1. The highest BCUT2D eigenvalue weighted by atomic mass is 35.5. The summed E-state index contributed by atoms with van der Waals surface area (Å²) in [6.45, 7) is 7.83. The summed E-state index contributed by atoms with van der Waals surface area (Å²) >= 11 is 5.66. The van der Waals surface area contributed by atoms with Crippen molar-refractivity contribution in [2.75, 3.05) is 36.0 Å². The number of halogens is 1. The predicted octanol–water partition coefficient (Wildman–Crippen LogP) is 9.44. The van der Waals surface area contributed by atoms with E-state index >= 15 is 0 Å². The first-order valence-electron chi connectivity index (χ1n) is 20.1. The number of rotatable bonds is 12. The van der Waals surface area contributed by atoms with Crippen LogP contribution >= 0.6 is 11.6 Å². The summed E-state index contributed by atoms with van der Waals surface area (Å²) in [5.74, 6) is 1.49. The van der Waals surface area contributed by atoms with Crippen molar-refractivity contribution in [1.29, 1.82) is 0 Å². The third-order valence-corrected chi connectivity index (χ3v) is 10.4. The summed E-state index contributed by atoms with van der Waals surface area (Å²) in [6.07, 6.45) is 6.85. The van der Waals surface area contributed by atoms with Crippen molar-refractivity contribution in [3.8, 4) is 11.8 Å². The van der Waals surface area contributed by atoms with E-state index in [9.17, 15) is 9.59 Å². The van der Waals surface area contributed by atoms with E-state index in [1.165, 1.54) is 11.1 Å². The highest BCUT2D eigenvalue weighted by molar-refractivity contribution is 6.68. The molecular weight excluding hydrogens is 758 g/mol. The number of carbonyl (C=O) groups is 2. The van der Waals surface area contributed by atoms with Gasteiger partial charge in [0.25, 0.3) is 5.24 Å². The van der Waals surface area contributed by atoms with Crippen LogP contribution < -0.4 is 25.0 Å². The quantitative estimate of drug-likeness (QED) is 0.0955. The molecule has 2 atom stereocenters. The summed E-state index contributed by atoms with van der Waals surface area (Å²) in [5, 5.41) is -0.430. The lowest BCUT2D eigenvalue weighted by atomic mass is 10.0. The molecule has 0 radical (unpaired) electrons. The number of aryl methyl sites for hydroxylation is 3. The first kappa shape index (κ1) is 42.6. The van der Waals surface area contributed by atoms with Crippen molar-refractivity contribution in [3.05, 3.63) is 179 Å². The van der Waals surface area contributed by atoms with Crippen LogP contribution in [0.5, 0.6) is 11.8 Å². The van der Waals surface area contributed by atoms with Crippen molar-refractivity contribution in [1.82, 2.24) is 9.97 Å². The number of ketones is 1. The fourth-order valence-electron chi connectivity index (χ4n) is 7.03. The molecule has 2 aliphatic rings. The van der Waals surface area contributed by atoms with E-state index < -0.39 is 5.24 Å². The van der Waals surface area contributed by atoms with Crippen molar-refractivity contribution in [2.24, 2.45) is 5.73 Å². The van der Waals surface area contributed by atoms with Gasteiger partial charge in [-0.1, -0.05) is 97.1 Å². The third-order valence-electron chi connectivity index (χ3n) is 10.2. The Morgan fingerprint density at radius 2 is 1.08 bits per heavy atom. The van der Waals surface area contributed by atoms with Crippen LogP contribution in [0.3, 0.4) is 0 Å². The lowest BCUT2D eigenvalue weighted by Crippen LogP contribution is -2.26. The van der Waals surface area contributed by atoms with Gasteiger partial charge >= 0.3 is 0 Å². The van der Waals surface area contributed by atoms with E-state index in [4.69, 9.17) is 26.8 Å². The zero-order chi connectivity index (χ0) is 41.4. The molecular formula is C49H52ClN5O4. The minimum Gasteiger partial charge on any atom is -0.472 e. The van der Waals surface area contributed by atoms with E-state index in [1.54, 1.807) is 12.3 Å².